The fourth-order valence-corrected chi connectivity index (χ4v) is 2.55. The van der Waals surface area contributed by atoms with Gasteiger partial charge in [-0.15, -0.1) is 0 Å². The maximum absolute atomic E-state index is 5.65. The van der Waals surface area contributed by atoms with Gasteiger partial charge in [0.15, 0.2) is 0 Å². The predicted octanol–water partition coefficient (Wildman–Crippen LogP) is 1.38. The van der Waals surface area contributed by atoms with Crippen LogP contribution in [0.5, 0.6) is 0 Å². The van der Waals surface area contributed by atoms with Gasteiger partial charge < -0.3 is 19.5 Å². The Labute approximate surface area is 130 Å². The maximum atomic E-state index is 5.65. The molecule has 2 atom stereocenters. The second-order valence-corrected chi connectivity index (χ2v) is 5.82. The summed E-state index contributed by atoms with van der Waals surface area (Å²) in [4.78, 5) is 2.53. The zero-order valence-corrected chi connectivity index (χ0v) is 14.1. The van der Waals surface area contributed by atoms with Gasteiger partial charge in [-0.25, -0.2) is 0 Å². The largest absolute Gasteiger partial charge is 0.382 e. The number of nitrogens with one attached hydrogen (secondary N) is 1. The number of rotatable bonds is 11. The quantitative estimate of drug-likeness (QED) is 0.584. The predicted molar refractivity (Wildman–Crippen MR) is 85.8 cm³/mol. The van der Waals surface area contributed by atoms with E-state index in [1.807, 2.05) is 0 Å². The van der Waals surface area contributed by atoms with Gasteiger partial charge in [0.05, 0.1) is 33.0 Å². The Morgan fingerprint density at radius 1 is 1.14 bits per heavy atom. The van der Waals surface area contributed by atoms with Crippen molar-refractivity contribution in [3.05, 3.63) is 0 Å². The third kappa shape index (κ3) is 8.73. The Balaban J connectivity index is 2.07. The monoisotopic (exact) mass is 302 g/mol. The number of ether oxygens (including phenoxy) is 3. The molecule has 0 aromatic carbocycles. The molecule has 0 radical (unpaired) electrons. The zero-order valence-electron chi connectivity index (χ0n) is 14.1. The van der Waals surface area contributed by atoms with Crippen molar-refractivity contribution in [3.8, 4) is 0 Å². The second kappa shape index (κ2) is 12.4. The third-order valence-electron chi connectivity index (χ3n) is 4.20. The van der Waals surface area contributed by atoms with Crippen LogP contribution in [0.25, 0.3) is 0 Å². The third-order valence-corrected chi connectivity index (χ3v) is 4.20. The van der Waals surface area contributed by atoms with Crippen molar-refractivity contribution in [2.45, 2.75) is 32.7 Å². The van der Waals surface area contributed by atoms with Gasteiger partial charge >= 0.3 is 0 Å². The molecule has 5 nitrogen and oxygen atoms in total. The average Bonchev–Trinajstić information content (AvgIpc) is 2.75. The minimum atomic E-state index is 0.620. The highest BCUT2D eigenvalue weighted by Gasteiger charge is 2.21. The van der Waals surface area contributed by atoms with Crippen LogP contribution in [0.3, 0.4) is 0 Å². The van der Waals surface area contributed by atoms with Gasteiger partial charge in [0.2, 0.25) is 0 Å². The molecule has 0 aromatic heterocycles. The molecule has 1 N–H and O–H groups in total. The first-order valence-electron chi connectivity index (χ1n) is 8.38. The van der Waals surface area contributed by atoms with Crippen LogP contribution in [0.2, 0.25) is 0 Å². The summed E-state index contributed by atoms with van der Waals surface area (Å²) in [5, 5.41) is 3.68. The van der Waals surface area contributed by atoms with E-state index >= 15 is 0 Å². The standard InChI is InChI=1S/C16H34N2O3/c1-4-15(2)16-14-18(7-5-6-17-16)8-9-20-12-13-21-11-10-19-3/h15-17H,4-14H2,1-3H3. The van der Waals surface area contributed by atoms with Crippen LogP contribution >= 0.6 is 0 Å². The SMILES string of the molecule is CCC(C)C1CN(CCOCCOCCOC)CCCN1. The summed E-state index contributed by atoms with van der Waals surface area (Å²) in [6, 6.07) is 0.620. The van der Waals surface area contributed by atoms with E-state index in [0.29, 0.717) is 32.5 Å². The summed E-state index contributed by atoms with van der Waals surface area (Å²) in [5.41, 5.74) is 0. The van der Waals surface area contributed by atoms with E-state index in [9.17, 15) is 0 Å². The topological polar surface area (TPSA) is 43.0 Å². The molecule has 1 heterocycles. The molecule has 0 bridgehead atoms. The first kappa shape index (κ1) is 18.8. The summed E-state index contributed by atoms with van der Waals surface area (Å²) < 4.78 is 15.9. The van der Waals surface area contributed by atoms with E-state index in [-0.39, 0.29) is 0 Å². The first-order chi connectivity index (χ1) is 10.3. The highest BCUT2D eigenvalue weighted by Crippen LogP contribution is 2.12. The van der Waals surface area contributed by atoms with Crippen molar-refractivity contribution < 1.29 is 14.2 Å². The fourth-order valence-electron chi connectivity index (χ4n) is 2.55. The molecule has 1 fully saturated rings. The Morgan fingerprint density at radius 3 is 2.57 bits per heavy atom. The molecular weight excluding hydrogens is 268 g/mol. The van der Waals surface area contributed by atoms with E-state index in [4.69, 9.17) is 14.2 Å². The van der Waals surface area contributed by atoms with Crippen LogP contribution in [0.4, 0.5) is 0 Å². The van der Waals surface area contributed by atoms with Gasteiger partial charge in [-0.05, 0) is 25.4 Å². The molecule has 126 valence electrons. The molecule has 1 rings (SSSR count). The minimum absolute atomic E-state index is 0.620. The Bertz CT molecular complexity index is 242. The number of nitrogens with zero attached hydrogens (tertiary/aromatic N) is 1. The number of hydrogen-bond acceptors (Lipinski definition) is 5. The Hall–Kier alpha value is -0.200. The molecule has 0 aliphatic carbocycles. The molecule has 0 saturated carbocycles. The lowest BCUT2D eigenvalue weighted by atomic mass is 9.99. The first-order valence-corrected chi connectivity index (χ1v) is 8.38. The van der Waals surface area contributed by atoms with Crippen LogP contribution in [0.1, 0.15) is 26.7 Å². The Morgan fingerprint density at radius 2 is 1.86 bits per heavy atom. The minimum Gasteiger partial charge on any atom is -0.382 e. The van der Waals surface area contributed by atoms with E-state index in [0.717, 1.165) is 32.2 Å². The lowest BCUT2D eigenvalue weighted by molar-refractivity contribution is 0.0191. The normalized spacial score (nSPS) is 22.1. The van der Waals surface area contributed by atoms with Crippen LogP contribution < -0.4 is 5.32 Å². The van der Waals surface area contributed by atoms with Gasteiger partial charge in [0.1, 0.15) is 0 Å². The molecule has 21 heavy (non-hydrogen) atoms. The van der Waals surface area contributed by atoms with Crippen molar-refractivity contribution in [2.75, 3.05) is 66.3 Å². The molecule has 1 aliphatic rings. The van der Waals surface area contributed by atoms with Gasteiger partial charge in [-0.1, -0.05) is 20.3 Å². The summed E-state index contributed by atoms with van der Waals surface area (Å²) in [5.74, 6) is 0.737. The van der Waals surface area contributed by atoms with E-state index in [1.165, 1.54) is 19.4 Å². The highest BCUT2D eigenvalue weighted by molar-refractivity contribution is 4.80. The lowest BCUT2D eigenvalue weighted by Gasteiger charge is -2.27. The van der Waals surface area contributed by atoms with E-state index in [2.05, 4.69) is 24.1 Å². The molecule has 1 saturated heterocycles. The molecule has 5 heteroatoms. The molecule has 0 amide bonds. The second-order valence-electron chi connectivity index (χ2n) is 5.82. The molecular formula is C16H34N2O3. The highest BCUT2D eigenvalue weighted by atomic mass is 16.5. The van der Waals surface area contributed by atoms with Crippen molar-refractivity contribution in [2.24, 2.45) is 5.92 Å². The molecule has 0 aromatic rings. The van der Waals surface area contributed by atoms with Gasteiger partial charge in [0.25, 0.3) is 0 Å². The maximum Gasteiger partial charge on any atom is 0.0701 e. The van der Waals surface area contributed by atoms with Crippen molar-refractivity contribution in [1.82, 2.24) is 10.2 Å². The van der Waals surface area contributed by atoms with Crippen molar-refractivity contribution in [3.63, 3.8) is 0 Å². The average molecular weight is 302 g/mol. The van der Waals surface area contributed by atoms with Crippen molar-refractivity contribution in [1.29, 1.82) is 0 Å². The van der Waals surface area contributed by atoms with Crippen molar-refractivity contribution >= 4 is 0 Å². The van der Waals surface area contributed by atoms with Crippen LogP contribution in [-0.4, -0.2) is 77.3 Å². The van der Waals surface area contributed by atoms with E-state index < -0.39 is 0 Å². The summed E-state index contributed by atoms with van der Waals surface area (Å²) in [7, 11) is 1.68. The molecule has 1 aliphatic heterocycles. The zero-order chi connectivity index (χ0) is 15.3. The van der Waals surface area contributed by atoms with Gasteiger partial charge in [0, 0.05) is 26.2 Å². The van der Waals surface area contributed by atoms with Gasteiger partial charge in [-0.2, -0.15) is 0 Å². The van der Waals surface area contributed by atoms with Gasteiger partial charge in [-0.3, -0.25) is 4.90 Å². The van der Waals surface area contributed by atoms with Crippen LogP contribution in [0, 0.1) is 5.92 Å². The molecule has 2 unspecified atom stereocenters. The smallest absolute Gasteiger partial charge is 0.0701 e. The fraction of sp³-hybridized carbons (Fsp3) is 1.00. The van der Waals surface area contributed by atoms with Crippen LogP contribution in [0.15, 0.2) is 0 Å². The number of hydrogen-bond donors (Lipinski definition) is 1. The lowest BCUT2D eigenvalue weighted by Crippen LogP contribution is -2.42. The van der Waals surface area contributed by atoms with E-state index in [1.54, 1.807) is 7.11 Å². The number of methoxy groups -OCH3 is 1. The Kier molecular flexibility index (Phi) is 11.1. The molecule has 0 spiro atoms. The summed E-state index contributed by atoms with van der Waals surface area (Å²) >= 11 is 0. The van der Waals surface area contributed by atoms with Crippen LogP contribution in [-0.2, 0) is 14.2 Å². The summed E-state index contributed by atoms with van der Waals surface area (Å²) in [6.45, 7) is 12.5. The summed E-state index contributed by atoms with van der Waals surface area (Å²) in [6.07, 6.45) is 2.47.